The molecule has 28 heavy (non-hydrogen) atoms. The van der Waals surface area contributed by atoms with Gasteiger partial charge < -0.3 is 9.15 Å². The molecular formula is C20H21F3O4S. The lowest BCUT2D eigenvalue weighted by molar-refractivity contribution is -0.127. The molecule has 0 aliphatic rings. The van der Waals surface area contributed by atoms with Crippen molar-refractivity contribution < 1.29 is 27.1 Å². The first-order valence-corrected chi connectivity index (χ1v) is 9.75. The van der Waals surface area contributed by atoms with Crippen LogP contribution in [0.25, 0.3) is 11.0 Å². The maximum Gasteiger partial charge on any atom is 0.393 e. The van der Waals surface area contributed by atoms with Gasteiger partial charge in [-0.2, -0.15) is 13.2 Å². The summed E-state index contributed by atoms with van der Waals surface area (Å²) < 4.78 is 48.6. The average Bonchev–Trinajstić information content (AvgIpc) is 2.63. The molecule has 1 heterocycles. The zero-order valence-corrected chi connectivity index (χ0v) is 16.3. The largest absolute Gasteiger partial charge is 0.493 e. The predicted octanol–water partition coefficient (Wildman–Crippen LogP) is 5.20. The number of carbonyl (C=O) groups excluding carboxylic acids is 1. The van der Waals surface area contributed by atoms with E-state index in [1.54, 1.807) is 12.1 Å². The highest BCUT2D eigenvalue weighted by molar-refractivity contribution is 8.14. The third-order valence-corrected chi connectivity index (χ3v) is 5.05. The Morgan fingerprint density at radius 3 is 2.71 bits per heavy atom. The molecule has 0 radical (unpaired) electrons. The van der Waals surface area contributed by atoms with Gasteiger partial charge in [-0.15, -0.1) is 0 Å². The normalized spacial score (nSPS) is 11.6. The highest BCUT2D eigenvalue weighted by atomic mass is 32.2. The van der Waals surface area contributed by atoms with Gasteiger partial charge in [-0.3, -0.25) is 4.79 Å². The van der Waals surface area contributed by atoms with E-state index in [2.05, 4.69) is 6.58 Å². The second-order valence-electron chi connectivity index (χ2n) is 6.22. The van der Waals surface area contributed by atoms with E-state index in [1.807, 2.05) is 0 Å². The first-order valence-electron chi connectivity index (χ1n) is 8.76. The minimum absolute atomic E-state index is 0.0393. The highest BCUT2D eigenvalue weighted by Crippen LogP contribution is 2.28. The fourth-order valence-electron chi connectivity index (χ4n) is 2.67. The maximum atomic E-state index is 12.7. The number of aryl methyl sites for hydroxylation is 1. The van der Waals surface area contributed by atoms with Gasteiger partial charge >= 0.3 is 11.8 Å². The van der Waals surface area contributed by atoms with Crippen molar-refractivity contribution >= 4 is 27.8 Å². The fourth-order valence-corrected chi connectivity index (χ4v) is 3.34. The van der Waals surface area contributed by atoms with Crippen LogP contribution in [0.1, 0.15) is 30.4 Å². The van der Waals surface area contributed by atoms with Crippen LogP contribution in [-0.2, 0) is 11.2 Å². The van der Waals surface area contributed by atoms with Crippen molar-refractivity contribution in [1.29, 1.82) is 0 Å². The lowest BCUT2D eigenvalue weighted by atomic mass is 10.0. The molecule has 0 spiro atoms. The smallest absolute Gasteiger partial charge is 0.393 e. The molecule has 0 saturated heterocycles. The summed E-state index contributed by atoms with van der Waals surface area (Å²) in [7, 11) is 0. The van der Waals surface area contributed by atoms with Crippen molar-refractivity contribution in [2.75, 3.05) is 12.4 Å². The number of benzene rings is 1. The van der Waals surface area contributed by atoms with Crippen molar-refractivity contribution in [3.8, 4) is 5.75 Å². The van der Waals surface area contributed by atoms with E-state index in [0.717, 1.165) is 25.0 Å². The second-order valence-corrected chi connectivity index (χ2v) is 7.32. The first kappa shape index (κ1) is 22.1. The van der Waals surface area contributed by atoms with Crippen molar-refractivity contribution in [3.05, 3.63) is 52.4 Å². The Kier molecular flexibility index (Phi) is 7.74. The van der Waals surface area contributed by atoms with Gasteiger partial charge in [0.15, 0.2) is 0 Å². The topological polar surface area (TPSA) is 56.5 Å². The molecule has 4 nitrogen and oxygen atoms in total. The second kappa shape index (κ2) is 9.82. The van der Waals surface area contributed by atoms with Gasteiger partial charge in [0.2, 0.25) is 5.12 Å². The van der Waals surface area contributed by atoms with Crippen LogP contribution >= 0.6 is 11.8 Å². The molecule has 0 bridgehead atoms. The van der Waals surface area contributed by atoms with E-state index in [4.69, 9.17) is 9.15 Å². The summed E-state index contributed by atoms with van der Waals surface area (Å²) >= 11 is 1.23. The summed E-state index contributed by atoms with van der Waals surface area (Å²) in [6, 6.07) is 4.76. The molecule has 0 N–H and O–H groups in total. The third kappa shape index (κ3) is 6.44. The minimum atomic E-state index is -4.48. The van der Waals surface area contributed by atoms with Gasteiger partial charge in [-0.05, 0) is 50.0 Å². The van der Waals surface area contributed by atoms with E-state index in [1.165, 1.54) is 30.8 Å². The summed E-state index contributed by atoms with van der Waals surface area (Å²) in [5, 5.41) is 0.415. The Morgan fingerprint density at radius 2 is 2.04 bits per heavy atom. The van der Waals surface area contributed by atoms with Crippen LogP contribution in [0.2, 0.25) is 0 Å². The zero-order chi connectivity index (χ0) is 20.7. The number of hydrogen-bond donors (Lipinski definition) is 0. The predicted molar refractivity (Wildman–Crippen MR) is 104 cm³/mol. The number of thioether (sulfide) groups is 1. The molecule has 152 valence electrons. The quantitative estimate of drug-likeness (QED) is 0.321. The number of carbonyl (C=O) groups is 1. The minimum Gasteiger partial charge on any atom is -0.493 e. The number of rotatable bonds is 9. The molecule has 0 unspecified atom stereocenters. The van der Waals surface area contributed by atoms with Gasteiger partial charge in [-0.25, -0.2) is 4.79 Å². The lowest BCUT2D eigenvalue weighted by Crippen LogP contribution is -2.20. The lowest BCUT2D eigenvalue weighted by Gasteiger charge is -2.11. The Labute approximate surface area is 164 Å². The number of unbranched alkanes of at least 4 members (excludes halogenated alkanes) is 2. The molecule has 2 rings (SSSR count). The molecule has 1 aromatic heterocycles. The van der Waals surface area contributed by atoms with Crippen molar-refractivity contribution in [1.82, 2.24) is 0 Å². The highest BCUT2D eigenvalue weighted by Gasteiger charge is 2.31. The Bertz CT molecular complexity index is 903. The summed E-state index contributed by atoms with van der Waals surface area (Å²) in [6.45, 7) is 5.34. The van der Waals surface area contributed by atoms with E-state index in [-0.39, 0.29) is 21.8 Å². The molecular weight excluding hydrogens is 393 g/mol. The SMILES string of the molecule is C=CC(=O)SCCCCCOc1ccc2c(C)c(CC(F)(F)F)c(=O)oc2c1. The third-order valence-electron chi connectivity index (χ3n) is 4.10. The summed E-state index contributed by atoms with van der Waals surface area (Å²) in [5.74, 6) is 1.21. The van der Waals surface area contributed by atoms with Crippen LogP contribution < -0.4 is 10.4 Å². The number of ether oxygens (including phenoxy) is 1. The number of hydrogen-bond acceptors (Lipinski definition) is 5. The van der Waals surface area contributed by atoms with Crippen LogP contribution in [0.15, 0.2) is 40.1 Å². The Hall–Kier alpha value is -2.22. The zero-order valence-electron chi connectivity index (χ0n) is 15.4. The van der Waals surface area contributed by atoms with Gasteiger partial charge in [0, 0.05) is 17.2 Å². The molecule has 0 fully saturated rings. The maximum absolute atomic E-state index is 12.7. The van der Waals surface area contributed by atoms with E-state index < -0.39 is 18.2 Å². The summed E-state index contributed by atoms with van der Waals surface area (Å²) in [5.41, 5.74) is -0.889. The first-order chi connectivity index (χ1) is 13.2. The van der Waals surface area contributed by atoms with Crippen molar-refractivity contribution in [3.63, 3.8) is 0 Å². The number of fused-ring (bicyclic) bond motifs is 1. The molecule has 0 amide bonds. The number of alkyl halides is 3. The van der Waals surface area contributed by atoms with Crippen molar-refractivity contribution in [2.24, 2.45) is 0 Å². The van der Waals surface area contributed by atoms with Crippen LogP contribution in [0.4, 0.5) is 13.2 Å². The molecule has 0 saturated carbocycles. The van der Waals surface area contributed by atoms with Gasteiger partial charge in [0.1, 0.15) is 11.3 Å². The number of halogens is 3. The Morgan fingerprint density at radius 1 is 1.29 bits per heavy atom. The van der Waals surface area contributed by atoms with Crippen LogP contribution in [0.3, 0.4) is 0 Å². The van der Waals surface area contributed by atoms with Gasteiger partial charge in [0.05, 0.1) is 18.6 Å². The van der Waals surface area contributed by atoms with Crippen molar-refractivity contribution in [2.45, 2.75) is 38.8 Å². The molecule has 0 aliphatic carbocycles. The molecule has 2 aromatic rings. The van der Waals surface area contributed by atoms with E-state index in [0.29, 0.717) is 17.7 Å². The van der Waals surface area contributed by atoms with Gasteiger partial charge in [0.25, 0.3) is 0 Å². The molecule has 0 atom stereocenters. The van der Waals surface area contributed by atoms with Crippen LogP contribution in [0, 0.1) is 6.92 Å². The fraction of sp³-hybridized carbons (Fsp3) is 0.400. The molecule has 1 aromatic carbocycles. The molecule has 8 heteroatoms. The summed E-state index contributed by atoms with van der Waals surface area (Å²) in [4.78, 5) is 23.0. The monoisotopic (exact) mass is 414 g/mol. The average molecular weight is 414 g/mol. The van der Waals surface area contributed by atoms with E-state index >= 15 is 0 Å². The van der Waals surface area contributed by atoms with Gasteiger partial charge in [-0.1, -0.05) is 18.3 Å². The van der Waals surface area contributed by atoms with Crippen LogP contribution in [0.5, 0.6) is 5.75 Å². The standard InChI is InChI=1S/C20H21F3O4S/c1-3-18(24)28-10-6-4-5-9-26-14-7-8-15-13(2)16(12-20(21,22)23)19(25)27-17(15)11-14/h3,7-8,11H,1,4-6,9-10,12H2,2H3. The Balaban J connectivity index is 1.95. The van der Waals surface area contributed by atoms with E-state index in [9.17, 15) is 22.8 Å². The summed E-state index contributed by atoms with van der Waals surface area (Å²) in [6.07, 6.45) is -1.95. The van der Waals surface area contributed by atoms with Crippen LogP contribution in [-0.4, -0.2) is 23.7 Å². The molecule has 0 aliphatic heterocycles.